The molecule has 1 atom stereocenters. The molecule has 2 aliphatic heterocycles. The van der Waals surface area contributed by atoms with Gasteiger partial charge in [-0.25, -0.2) is 14.3 Å². The SMILES string of the molecule is CC(=O)c1cc(Cl)c(COc2cccc(C3CCN(Cc4nn5ccc(C(=O)O)cc5c4C[C@@H]4CCO4)CC3)n2)s1. The van der Waals surface area contributed by atoms with Crippen molar-refractivity contribution in [3.8, 4) is 5.88 Å². The number of rotatable bonds is 10. The standard InChI is InChI=1S/C30H31ClN4O5S/c1-18(36)27-15-23(31)28(41-27)17-40-29-4-2-3-24(32-29)19-5-9-34(10-6-19)16-25-22(14-21-8-12-39-21)26-13-20(30(37)38)7-11-35(26)33-25/h2-4,7,11,13,15,19,21H,5-6,8-10,12,14,16-17H2,1H3,(H,37,38)/t21-/m0/s1. The highest BCUT2D eigenvalue weighted by molar-refractivity contribution is 7.14. The van der Waals surface area contributed by atoms with Gasteiger partial charge in [0.2, 0.25) is 5.88 Å². The monoisotopic (exact) mass is 594 g/mol. The lowest BCUT2D eigenvalue weighted by atomic mass is 9.92. The number of aromatic nitrogens is 3. The van der Waals surface area contributed by atoms with Gasteiger partial charge in [0.15, 0.2) is 5.78 Å². The summed E-state index contributed by atoms with van der Waals surface area (Å²) in [5, 5.41) is 14.9. The Labute approximate surface area is 246 Å². The second kappa shape index (κ2) is 11.9. The van der Waals surface area contributed by atoms with E-state index in [0.29, 0.717) is 28.2 Å². The van der Waals surface area contributed by atoms with Crippen molar-refractivity contribution < 1.29 is 24.2 Å². The molecule has 0 aliphatic carbocycles. The lowest BCUT2D eigenvalue weighted by Crippen LogP contribution is -2.33. The van der Waals surface area contributed by atoms with E-state index >= 15 is 0 Å². The predicted octanol–water partition coefficient (Wildman–Crippen LogP) is 5.64. The number of fused-ring (bicyclic) bond motifs is 1. The fourth-order valence-corrected chi connectivity index (χ4v) is 6.66. The minimum atomic E-state index is -0.941. The number of nitrogens with zero attached hydrogens (tertiary/aromatic N) is 4. The summed E-state index contributed by atoms with van der Waals surface area (Å²) in [6, 6.07) is 10.9. The lowest BCUT2D eigenvalue weighted by Gasteiger charge is -2.32. The van der Waals surface area contributed by atoms with Gasteiger partial charge in [0.1, 0.15) is 6.61 Å². The fraction of sp³-hybridized carbons (Fsp3) is 0.400. The number of aromatic carboxylic acids is 1. The van der Waals surface area contributed by atoms with Gasteiger partial charge in [-0.15, -0.1) is 11.3 Å². The van der Waals surface area contributed by atoms with E-state index in [2.05, 4.69) is 11.0 Å². The van der Waals surface area contributed by atoms with Crippen LogP contribution in [0.2, 0.25) is 5.02 Å². The van der Waals surface area contributed by atoms with Crippen LogP contribution in [0.1, 0.15) is 74.0 Å². The van der Waals surface area contributed by atoms with Gasteiger partial charge in [0.05, 0.1) is 37.7 Å². The van der Waals surface area contributed by atoms with Crippen molar-refractivity contribution in [1.82, 2.24) is 19.5 Å². The number of ketones is 1. The van der Waals surface area contributed by atoms with E-state index in [4.69, 9.17) is 31.2 Å². The smallest absolute Gasteiger partial charge is 0.335 e. The van der Waals surface area contributed by atoms with Gasteiger partial charge in [0, 0.05) is 49.0 Å². The van der Waals surface area contributed by atoms with Gasteiger partial charge >= 0.3 is 5.97 Å². The zero-order chi connectivity index (χ0) is 28.5. The number of carbonyl (C=O) groups is 2. The first-order chi connectivity index (χ1) is 19.8. The Morgan fingerprint density at radius 3 is 2.68 bits per heavy atom. The third-order valence-electron chi connectivity index (χ3n) is 7.87. The molecule has 6 rings (SSSR count). The number of piperidine rings is 1. The van der Waals surface area contributed by atoms with E-state index < -0.39 is 5.97 Å². The van der Waals surface area contributed by atoms with Crippen LogP contribution < -0.4 is 4.74 Å². The molecule has 0 radical (unpaired) electrons. The summed E-state index contributed by atoms with van der Waals surface area (Å²) in [6.45, 7) is 5.09. The quantitative estimate of drug-likeness (QED) is 0.235. The van der Waals surface area contributed by atoms with Gasteiger partial charge in [-0.1, -0.05) is 17.7 Å². The zero-order valence-corrected chi connectivity index (χ0v) is 24.3. The van der Waals surface area contributed by atoms with E-state index in [1.165, 1.54) is 18.3 Å². The summed E-state index contributed by atoms with van der Waals surface area (Å²) in [4.78, 5) is 31.9. The van der Waals surface area contributed by atoms with Crippen LogP contribution in [0.25, 0.3) is 5.52 Å². The summed E-state index contributed by atoms with van der Waals surface area (Å²) in [5.74, 6) is -0.0750. The van der Waals surface area contributed by atoms with Crippen molar-refractivity contribution in [2.75, 3.05) is 19.7 Å². The second-order valence-electron chi connectivity index (χ2n) is 10.6. The van der Waals surface area contributed by atoms with Gasteiger partial charge in [0.25, 0.3) is 0 Å². The van der Waals surface area contributed by atoms with Crippen LogP contribution in [0.4, 0.5) is 0 Å². The van der Waals surface area contributed by atoms with Crippen LogP contribution in [-0.2, 0) is 24.3 Å². The molecular weight excluding hydrogens is 564 g/mol. The predicted molar refractivity (Wildman–Crippen MR) is 155 cm³/mol. The van der Waals surface area contributed by atoms with E-state index in [1.807, 2.05) is 12.1 Å². The number of carbonyl (C=O) groups excluding carboxylic acids is 1. The van der Waals surface area contributed by atoms with Crippen molar-refractivity contribution >= 4 is 40.2 Å². The van der Waals surface area contributed by atoms with E-state index in [-0.39, 0.29) is 24.1 Å². The van der Waals surface area contributed by atoms with Crippen molar-refractivity contribution in [3.05, 3.63) is 79.9 Å². The maximum Gasteiger partial charge on any atom is 0.335 e. The van der Waals surface area contributed by atoms with Crippen LogP contribution in [-0.4, -0.2) is 62.2 Å². The molecule has 6 heterocycles. The molecule has 2 aliphatic rings. The number of ether oxygens (including phenoxy) is 2. The molecule has 0 saturated carbocycles. The van der Waals surface area contributed by atoms with E-state index in [0.717, 1.165) is 72.7 Å². The molecule has 11 heteroatoms. The summed E-state index contributed by atoms with van der Waals surface area (Å²) in [5.41, 5.74) is 4.18. The van der Waals surface area contributed by atoms with E-state index in [9.17, 15) is 14.7 Å². The Morgan fingerprint density at radius 1 is 1.20 bits per heavy atom. The molecule has 0 unspecified atom stereocenters. The van der Waals surface area contributed by atoms with E-state index in [1.54, 1.807) is 28.9 Å². The first-order valence-electron chi connectivity index (χ1n) is 13.8. The molecule has 214 valence electrons. The Bertz CT molecular complexity index is 1590. The maximum absolute atomic E-state index is 11.6. The minimum absolute atomic E-state index is 0.00766. The molecule has 41 heavy (non-hydrogen) atoms. The second-order valence-corrected chi connectivity index (χ2v) is 12.2. The van der Waals surface area contributed by atoms with Crippen molar-refractivity contribution in [2.45, 2.75) is 57.8 Å². The number of pyridine rings is 2. The number of hydrogen-bond acceptors (Lipinski definition) is 8. The summed E-state index contributed by atoms with van der Waals surface area (Å²) >= 11 is 7.64. The number of likely N-dealkylation sites (tertiary alicyclic amines) is 1. The molecule has 4 aromatic heterocycles. The molecular formula is C30H31ClN4O5S. The molecule has 2 saturated heterocycles. The van der Waals surface area contributed by atoms with Crippen molar-refractivity contribution in [3.63, 3.8) is 0 Å². The number of thiophene rings is 1. The van der Waals surface area contributed by atoms with Crippen LogP contribution in [0.5, 0.6) is 5.88 Å². The van der Waals surface area contributed by atoms with Crippen LogP contribution >= 0.6 is 22.9 Å². The third-order valence-corrected chi connectivity index (χ3v) is 9.53. The maximum atomic E-state index is 11.6. The molecule has 0 bridgehead atoms. The molecule has 2 fully saturated rings. The summed E-state index contributed by atoms with van der Waals surface area (Å²) in [7, 11) is 0. The Hall–Kier alpha value is -3.31. The van der Waals surface area contributed by atoms with Gasteiger partial charge < -0.3 is 14.6 Å². The highest BCUT2D eigenvalue weighted by atomic mass is 35.5. The van der Waals surface area contributed by atoms with Crippen LogP contribution in [0, 0.1) is 0 Å². The van der Waals surface area contributed by atoms with Gasteiger partial charge in [-0.2, -0.15) is 5.10 Å². The van der Waals surface area contributed by atoms with Gasteiger partial charge in [-0.3, -0.25) is 9.69 Å². The van der Waals surface area contributed by atoms with Crippen molar-refractivity contribution in [1.29, 1.82) is 0 Å². The number of carboxylic acids is 1. The Morgan fingerprint density at radius 2 is 2.00 bits per heavy atom. The van der Waals surface area contributed by atoms with Gasteiger partial charge in [-0.05, 0) is 63.5 Å². The molecule has 0 aromatic carbocycles. The number of halogens is 1. The average Bonchev–Trinajstić information content (AvgIpc) is 3.49. The first kappa shape index (κ1) is 27.8. The normalized spacial score (nSPS) is 18.0. The molecule has 0 amide bonds. The third kappa shape index (κ3) is 6.16. The largest absolute Gasteiger partial charge is 0.478 e. The lowest BCUT2D eigenvalue weighted by molar-refractivity contribution is -0.0491. The highest BCUT2D eigenvalue weighted by Crippen LogP contribution is 2.32. The summed E-state index contributed by atoms with van der Waals surface area (Å²) in [6.07, 6.45) is 5.57. The summed E-state index contributed by atoms with van der Waals surface area (Å²) < 4.78 is 13.4. The zero-order valence-electron chi connectivity index (χ0n) is 22.7. The molecule has 1 N–H and O–H groups in total. The first-order valence-corrected chi connectivity index (χ1v) is 15.0. The molecule has 0 spiro atoms. The highest BCUT2D eigenvalue weighted by Gasteiger charge is 2.27. The topological polar surface area (TPSA) is 106 Å². The number of Topliss-reactive ketones (excluding diaryl/α,β-unsaturated/α-hetero) is 1. The number of carboxylic acid groups (broad SMARTS) is 1. The average molecular weight is 595 g/mol. The molecule has 4 aromatic rings. The number of hydrogen-bond donors (Lipinski definition) is 1. The minimum Gasteiger partial charge on any atom is -0.478 e. The van der Waals surface area contributed by atoms with Crippen molar-refractivity contribution in [2.24, 2.45) is 0 Å². The molecule has 9 nitrogen and oxygen atoms in total. The Kier molecular flexibility index (Phi) is 8.07. The van der Waals surface area contributed by atoms with Crippen LogP contribution in [0.15, 0.2) is 42.6 Å². The van der Waals surface area contributed by atoms with Crippen LogP contribution in [0.3, 0.4) is 0 Å². The Balaban J connectivity index is 1.10. The fourth-order valence-electron chi connectivity index (χ4n) is 5.45.